The monoisotopic (exact) mass is 302 g/mol. The molecule has 3 nitrogen and oxygen atoms in total. The molecule has 0 aromatic heterocycles. The van der Waals surface area contributed by atoms with Gasteiger partial charge in [0.15, 0.2) is 0 Å². The zero-order valence-corrected chi connectivity index (χ0v) is 14.4. The molecule has 1 saturated carbocycles. The second-order valence-corrected chi connectivity index (χ2v) is 7.25. The van der Waals surface area contributed by atoms with E-state index in [0.29, 0.717) is 18.0 Å². The van der Waals surface area contributed by atoms with Crippen LogP contribution in [-0.2, 0) is 4.79 Å². The molecule has 0 saturated heterocycles. The van der Waals surface area contributed by atoms with Gasteiger partial charge in [0.2, 0.25) is 5.91 Å². The lowest BCUT2D eigenvalue weighted by Gasteiger charge is -2.42. The zero-order valence-electron chi connectivity index (χ0n) is 14.4. The molecular formula is C19H30N2O. The molecule has 3 heteroatoms. The number of nitrogens with zero attached hydrogens (tertiary/aromatic N) is 1. The molecule has 0 unspecified atom stereocenters. The molecule has 2 rings (SSSR count). The van der Waals surface area contributed by atoms with E-state index in [1.54, 1.807) is 0 Å². The van der Waals surface area contributed by atoms with Crippen molar-refractivity contribution in [2.45, 2.75) is 63.5 Å². The second-order valence-electron chi connectivity index (χ2n) is 7.25. The normalized spacial score (nSPS) is 26.7. The van der Waals surface area contributed by atoms with Gasteiger partial charge in [-0.05, 0) is 58.2 Å². The van der Waals surface area contributed by atoms with Crippen molar-refractivity contribution >= 4 is 5.91 Å². The summed E-state index contributed by atoms with van der Waals surface area (Å²) in [6.07, 6.45) is 5.05. The Kier molecular flexibility index (Phi) is 5.63. The van der Waals surface area contributed by atoms with Gasteiger partial charge in [-0.1, -0.05) is 37.3 Å². The van der Waals surface area contributed by atoms with E-state index in [1.807, 2.05) is 18.2 Å². The van der Waals surface area contributed by atoms with Crippen LogP contribution in [0.2, 0.25) is 0 Å². The van der Waals surface area contributed by atoms with Gasteiger partial charge < -0.3 is 10.2 Å². The van der Waals surface area contributed by atoms with E-state index in [2.05, 4.69) is 50.3 Å². The topological polar surface area (TPSA) is 32.3 Å². The van der Waals surface area contributed by atoms with E-state index in [0.717, 1.165) is 25.7 Å². The van der Waals surface area contributed by atoms with Crippen LogP contribution in [0.5, 0.6) is 0 Å². The van der Waals surface area contributed by atoms with Crippen molar-refractivity contribution in [2.75, 3.05) is 14.1 Å². The van der Waals surface area contributed by atoms with Crippen molar-refractivity contribution in [1.29, 1.82) is 0 Å². The highest BCUT2D eigenvalue weighted by Gasteiger charge is 2.33. The number of carbonyl (C=O) groups is 1. The highest BCUT2D eigenvalue weighted by Crippen LogP contribution is 2.32. The van der Waals surface area contributed by atoms with Crippen molar-refractivity contribution < 1.29 is 4.79 Å². The maximum Gasteiger partial charge on any atom is 0.220 e. The zero-order chi connectivity index (χ0) is 16.2. The van der Waals surface area contributed by atoms with Crippen LogP contribution in [0.15, 0.2) is 30.3 Å². The van der Waals surface area contributed by atoms with E-state index in [1.165, 1.54) is 5.56 Å². The summed E-state index contributed by atoms with van der Waals surface area (Å²) < 4.78 is 0. The van der Waals surface area contributed by atoms with Gasteiger partial charge in [-0.3, -0.25) is 4.79 Å². The molecule has 0 bridgehead atoms. The van der Waals surface area contributed by atoms with Crippen molar-refractivity contribution in [3.05, 3.63) is 35.9 Å². The molecule has 1 N–H and O–H groups in total. The molecule has 1 aliphatic carbocycles. The SMILES string of the molecule is C[C@H](CC(=O)NC1CCC(C)(N(C)C)CC1)c1ccccc1. The lowest BCUT2D eigenvalue weighted by molar-refractivity contribution is -0.122. The van der Waals surface area contributed by atoms with Gasteiger partial charge in [-0.25, -0.2) is 0 Å². The number of amides is 1. The summed E-state index contributed by atoms with van der Waals surface area (Å²) in [5.41, 5.74) is 1.53. The number of rotatable bonds is 5. The Morgan fingerprint density at radius 2 is 1.86 bits per heavy atom. The smallest absolute Gasteiger partial charge is 0.220 e. The average Bonchev–Trinajstić information content (AvgIpc) is 2.50. The Balaban J connectivity index is 1.79. The fourth-order valence-corrected chi connectivity index (χ4v) is 3.30. The van der Waals surface area contributed by atoms with Gasteiger partial charge in [0, 0.05) is 18.0 Å². The fourth-order valence-electron chi connectivity index (χ4n) is 3.30. The predicted molar refractivity (Wildman–Crippen MR) is 92.0 cm³/mol. The van der Waals surface area contributed by atoms with Crippen molar-refractivity contribution in [3.63, 3.8) is 0 Å². The summed E-state index contributed by atoms with van der Waals surface area (Å²) in [6, 6.07) is 10.6. The highest BCUT2D eigenvalue weighted by molar-refractivity contribution is 5.77. The van der Waals surface area contributed by atoms with E-state index < -0.39 is 0 Å². The Bertz CT molecular complexity index is 475. The lowest BCUT2D eigenvalue weighted by atomic mass is 9.80. The molecule has 1 aliphatic rings. The maximum absolute atomic E-state index is 12.3. The lowest BCUT2D eigenvalue weighted by Crippen LogP contribution is -2.48. The van der Waals surface area contributed by atoms with E-state index in [4.69, 9.17) is 0 Å². The molecular weight excluding hydrogens is 272 g/mol. The number of carbonyl (C=O) groups excluding carboxylic acids is 1. The third kappa shape index (κ3) is 4.33. The van der Waals surface area contributed by atoms with Gasteiger partial charge in [0.05, 0.1) is 0 Å². The first-order valence-electron chi connectivity index (χ1n) is 8.42. The van der Waals surface area contributed by atoms with Crippen LogP contribution >= 0.6 is 0 Å². The summed E-state index contributed by atoms with van der Waals surface area (Å²) in [6.45, 7) is 4.45. The minimum atomic E-state index is 0.190. The molecule has 0 heterocycles. The van der Waals surface area contributed by atoms with Gasteiger partial charge in [0.25, 0.3) is 0 Å². The van der Waals surface area contributed by atoms with Crippen LogP contribution in [0.3, 0.4) is 0 Å². The Morgan fingerprint density at radius 3 is 2.41 bits per heavy atom. The standard InChI is InChI=1S/C19H30N2O/c1-15(16-8-6-5-7-9-16)14-18(22)20-17-10-12-19(2,13-11-17)21(3)4/h5-9,15,17H,10-14H2,1-4H3,(H,20,22)/t15-,17?,19?/m1/s1. The molecule has 0 spiro atoms. The van der Waals surface area contributed by atoms with Crippen LogP contribution in [0.4, 0.5) is 0 Å². The van der Waals surface area contributed by atoms with E-state index in [-0.39, 0.29) is 11.8 Å². The summed E-state index contributed by atoms with van der Waals surface area (Å²) in [7, 11) is 4.31. The summed E-state index contributed by atoms with van der Waals surface area (Å²) in [4.78, 5) is 14.6. The molecule has 0 aliphatic heterocycles. The van der Waals surface area contributed by atoms with Crippen LogP contribution < -0.4 is 5.32 Å². The number of hydrogen-bond acceptors (Lipinski definition) is 2. The van der Waals surface area contributed by atoms with Crippen molar-refractivity contribution in [2.24, 2.45) is 0 Å². The van der Waals surface area contributed by atoms with E-state index >= 15 is 0 Å². The van der Waals surface area contributed by atoms with E-state index in [9.17, 15) is 4.79 Å². The van der Waals surface area contributed by atoms with Crippen LogP contribution in [0.25, 0.3) is 0 Å². The van der Waals surface area contributed by atoms with Gasteiger partial charge in [-0.2, -0.15) is 0 Å². The summed E-state index contributed by atoms with van der Waals surface area (Å²) in [5.74, 6) is 0.464. The van der Waals surface area contributed by atoms with Crippen LogP contribution in [-0.4, -0.2) is 36.5 Å². The number of hydrogen-bond donors (Lipinski definition) is 1. The predicted octanol–water partition coefficient (Wildman–Crippen LogP) is 3.56. The minimum Gasteiger partial charge on any atom is -0.353 e. The summed E-state index contributed by atoms with van der Waals surface area (Å²) >= 11 is 0. The Hall–Kier alpha value is -1.35. The van der Waals surface area contributed by atoms with Gasteiger partial charge >= 0.3 is 0 Å². The maximum atomic E-state index is 12.3. The number of benzene rings is 1. The van der Waals surface area contributed by atoms with Gasteiger partial charge in [-0.15, -0.1) is 0 Å². The largest absolute Gasteiger partial charge is 0.353 e. The quantitative estimate of drug-likeness (QED) is 0.902. The molecule has 22 heavy (non-hydrogen) atoms. The molecule has 1 aromatic carbocycles. The minimum absolute atomic E-state index is 0.190. The molecule has 0 radical (unpaired) electrons. The van der Waals surface area contributed by atoms with Crippen LogP contribution in [0, 0.1) is 0 Å². The molecule has 1 fully saturated rings. The number of nitrogens with one attached hydrogen (secondary N) is 1. The highest BCUT2D eigenvalue weighted by atomic mass is 16.1. The molecule has 1 atom stereocenters. The van der Waals surface area contributed by atoms with Gasteiger partial charge in [0.1, 0.15) is 0 Å². The average molecular weight is 302 g/mol. The van der Waals surface area contributed by atoms with Crippen LogP contribution in [0.1, 0.15) is 57.4 Å². The van der Waals surface area contributed by atoms with Crippen molar-refractivity contribution in [3.8, 4) is 0 Å². The molecule has 122 valence electrons. The third-order valence-corrected chi connectivity index (χ3v) is 5.37. The first kappa shape index (κ1) is 17.0. The molecule has 1 amide bonds. The third-order valence-electron chi connectivity index (χ3n) is 5.37. The second kappa shape index (κ2) is 7.28. The Morgan fingerprint density at radius 1 is 1.27 bits per heavy atom. The first-order chi connectivity index (χ1) is 10.4. The van der Waals surface area contributed by atoms with Crippen molar-refractivity contribution in [1.82, 2.24) is 10.2 Å². The molecule has 1 aromatic rings. The first-order valence-corrected chi connectivity index (χ1v) is 8.42. The fraction of sp³-hybridized carbons (Fsp3) is 0.632. The summed E-state index contributed by atoms with van der Waals surface area (Å²) in [5, 5.41) is 3.24. The Labute approximate surface area is 135 Å².